The highest BCUT2D eigenvalue weighted by Gasteiger charge is 2.07. The van der Waals surface area contributed by atoms with Gasteiger partial charge in [-0.15, -0.1) is 11.8 Å². The molecule has 1 atom stereocenters. The van der Waals surface area contributed by atoms with E-state index in [0.717, 1.165) is 31.1 Å². The molecule has 0 bridgehead atoms. The minimum Gasteiger partial charge on any atom is -0.310 e. The van der Waals surface area contributed by atoms with Gasteiger partial charge in [-0.3, -0.25) is 0 Å². The lowest BCUT2D eigenvalue weighted by Gasteiger charge is -2.13. The number of hydrogen-bond acceptors (Lipinski definition) is 4. The second-order valence-corrected chi connectivity index (χ2v) is 6.09. The maximum atomic E-state index is 4.36. The molecule has 114 valence electrons. The Morgan fingerprint density at radius 2 is 2.19 bits per heavy atom. The summed E-state index contributed by atoms with van der Waals surface area (Å²) in [5.74, 6) is 1.91. The largest absolute Gasteiger partial charge is 0.310 e. The first-order chi connectivity index (χ1) is 10.2. The third kappa shape index (κ3) is 4.58. The molecule has 1 heterocycles. The topological polar surface area (TPSA) is 42.7 Å². The molecule has 0 fully saturated rings. The smallest absolute Gasteiger partial charge is 0.138 e. The van der Waals surface area contributed by atoms with Crippen molar-refractivity contribution in [1.82, 2.24) is 20.1 Å². The molecule has 0 saturated heterocycles. The van der Waals surface area contributed by atoms with Crippen LogP contribution in [0.3, 0.4) is 0 Å². The molecule has 1 unspecified atom stereocenters. The van der Waals surface area contributed by atoms with Gasteiger partial charge in [-0.05, 0) is 37.6 Å². The first-order valence-electron chi connectivity index (χ1n) is 7.57. The van der Waals surface area contributed by atoms with Crippen LogP contribution in [-0.2, 0) is 12.3 Å². The third-order valence-electron chi connectivity index (χ3n) is 3.37. The maximum Gasteiger partial charge on any atom is 0.138 e. The van der Waals surface area contributed by atoms with Gasteiger partial charge < -0.3 is 5.32 Å². The Hall–Kier alpha value is -1.33. The minimum atomic E-state index is 0.388. The van der Waals surface area contributed by atoms with E-state index in [1.165, 1.54) is 10.5 Å². The number of thioether (sulfide) groups is 1. The van der Waals surface area contributed by atoms with E-state index in [9.17, 15) is 0 Å². The highest BCUT2D eigenvalue weighted by molar-refractivity contribution is 7.98. The quantitative estimate of drug-likeness (QED) is 0.756. The summed E-state index contributed by atoms with van der Waals surface area (Å²) in [5.41, 5.74) is 1.33. The van der Waals surface area contributed by atoms with E-state index >= 15 is 0 Å². The zero-order valence-corrected chi connectivity index (χ0v) is 13.9. The molecule has 0 aliphatic heterocycles. The Bertz CT molecular complexity index is 553. The van der Waals surface area contributed by atoms with E-state index in [-0.39, 0.29) is 0 Å². The van der Waals surface area contributed by atoms with Gasteiger partial charge in [0.15, 0.2) is 0 Å². The second kappa shape index (κ2) is 8.20. The predicted octanol–water partition coefficient (Wildman–Crippen LogP) is 3.65. The number of aromatic nitrogens is 3. The van der Waals surface area contributed by atoms with Crippen molar-refractivity contribution < 1.29 is 0 Å². The standard InChI is InChI=1S/C16H24N4S/c1-4-9-20-16(18-12-19-20)11-21-15-8-6-7-14(10-15)13(3)17-5-2/h6-8,10,12-13,17H,4-5,9,11H2,1-3H3. The Kier molecular flexibility index (Phi) is 6.26. The van der Waals surface area contributed by atoms with Crippen molar-refractivity contribution in [3.05, 3.63) is 42.0 Å². The van der Waals surface area contributed by atoms with Gasteiger partial charge in [-0.2, -0.15) is 5.10 Å². The molecule has 0 spiro atoms. The Morgan fingerprint density at radius 1 is 1.33 bits per heavy atom. The van der Waals surface area contributed by atoms with Crippen LogP contribution in [0.15, 0.2) is 35.5 Å². The Balaban J connectivity index is 1.99. The van der Waals surface area contributed by atoms with Gasteiger partial charge >= 0.3 is 0 Å². The van der Waals surface area contributed by atoms with E-state index in [2.05, 4.69) is 60.4 Å². The van der Waals surface area contributed by atoms with Gasteiger partial charge in [0.1, 0.15) is 12.2 Å². The van der Waals surface area contributed by atoms with Gasteiger partial charge in [-0.1, -0.05) is 26.0 Å². The van der Waals surface area contributed by atoms with Crippen LogP contribution in [0.4, 0.5) is 0 Å². The Morgan fingerprint density at radius 3 is 2.95 bits per heavy atom. The van der Waals surface area contributed by atoms with Crippen molar-refractivity contribution in [2.45, 2.75) is 50.4 Å². The molecule has 1 aromatic carbocycles. The first kappa shape index (κ1) is 16.0. The Labute approximate surface area is 131 Å². The summed E-state index contributed by atoms with van der Waals surface area (Å²) < 4.78 is 2.00. The fourth-order valence-corrected chi connectivity index (χ4v) is 3.16. The molecule has 1 N–H and O–H groups in total. The number of hydrogen-bond donors (Lipinski definition) is 1. The van der Waals surface area contributed by atoms with Gasteiger partial charge in [-0.25, -0.2) is 9.67 Å². The number of benzene rings is 1. The summed E-state index contributed by atoms with van der Waals surface area (Å²) in [6.45, 7) is 8.41. The van der Waals surface area contributed by atoms with E-state index in [0.29, 0.717) is 6.04 Å². The van der Waals surface area contributed by atoms with E-state index in [4.69, 9.17) is 0 Å². The fraction of sp³-hybridized carbons (Fsp3) is 0.500. The number of nitrogens with zero attached hydrogens (tertiary/aromatic N) is 3. The molecule has 0 radical (unpaired) electrons. The zero-order valence-electron chi connectivity index (χ0n) is 13.0. The lowest BCUT2D eigenvalue weighted by molar-refractivity contribution is 0.581. The van der Waals surface area contributed by atoms with Gasteiger partial charge in [0, 0.05) is 17.5 Å². The number of aryl methyl sites for hydroxylation is 1. The normalized spacial score (nSPS) is 12.5. The van der Waals surface area contributed by atoms with Crippen molar-refractivity contribution in [3.63, 3.8) is 0 Å². The maximum absolute atomic E-state index is 4.36. The summed E-state index contributed by atoms with van der Waals surface area (Å²) in [4.78, 5) is 5.64. The fourth-order valence-electron chi connectivity index (χ4n) is 2.24. The average Bonchev–Trinajstić information content (AvgIpc) is 2.93. The third-order valence-corrected chi connectivity index (χ3v) is 4.36. The monoisotopic (exact) mass is 304 g/mol. The molecule has 21 heavy (non-hydrogen) atoms. The molecular formula is C16H24N4S. The van der Waals surface area contributed by atoms with Crippen LogP contribution in [0.1, 0.15) is 44.6 Å². The molecule has 1 aromatic heterocycles. The van der Waals surface area contributed by atoms with Gasteiger partial charge in [0.05, 0.1) is 5.75 Å². The van der Waals surface area contributed by atoms with Crippen molar-refractivity contribution in [1.29, 1.82) is 0 Å². The van der Waals surface area contributed by atoms with Crippen molar-refractivity contribution in [2.24, 2.45) is 0 Å². The molecule has 4 nitrogen and oxygen atoms in total. The summed E-state index contributed by atoms with van der Waals surface area (Å²) in [6.07, 6.45) is 2.73. The molecular weight excluding hydrogens is 280 g/mol. The minimum absolute atomic E-state index is 0.388. The molecule has 0 aliphatic rings. The lowest BCUT2D eigenvalue weighted by Crippen LogP contribution is -2.17. The lowest BCUT2D eigenvalue weighted by atomic mass is 10.1. The molecule has 0 aliphatic carbocycles. The SMILES string of the molecule is CCCn1ncnc1CSc1cccc(C(C)NCC)c1. The van der Waals surface area contributed by atoms with Crippen LogP contribution in [-0.4, -0.2) is 21.3 Å². The first-order valence-corrected chi connectivity index (χ1v) is 8.56. The van der Waals surface area contributed by atoms with Crippen LogP contribution >= 0.6 is 11.8 Å². The van der Waals surface area contributed by atoms with Gasteiger partial charge in [0.2, 0.25) is 0 Å². The molecule has 5 heteroatoms. The van der Waals surface area contributed by atoms with Crippen LogP contribution in [0.25, 0.3) is 0 Å². The van der Waals surface area contributed by atoms with Crippen LogP contribution in [0.2, 0.25) is 0 Å². The summed E-state index contributed by atoms with van der Waals surface area (Å²) in [5, 5.41) is 7.72. The second-order valence-electron chi connectivity index (χ2n) is 5.04. The van der Waals surface area contributed by atoms with E-state index in [1.54, 1.807) is 6.33 Å². The van der Waals surface area contributed by atoms with Gasteiger partial charge in [0.25, 0.3) is 0 Å². The highest BCUT2D eigenvalue weighted by Crippen LogP contribution is 2.25. The number of rotatable bonds is 8. The molecule has 0 amide bonds. The predicted molar refractivity (Wildman–Crippen MR) is 88.4 cm³/mol. The molecule has 2 aromatic rings. The van der Waals surface area contributed by atoms with Crippen LogP contribution in [0.5, 0.6) is 0 Å². The van der Waals surface area contributed by atoms with E-state index < -0.39 is 0 Å². The van der Waals surface area contributed by atoms with Crippen molar-refractivity contribution in [2.75, 3.05) is 6.54 Å². The molecule has 2 rings (SSSR count). The summed E-state index contributed by atoms with van der Waals surface area (Å²) >= 11 is 1.82. The van der Waals surface area contributed by atoms with Crippen LogP contribution < -0.4 is 5.32 Å². The average molecular weight is 304 g/mol. The van der Waals surface area contributed by atoms with Crippen LogP contribution in [0, 0.1) is 0 Å². The van der Waals surface area contributed by atoms with E-state index in [1.807, 2.05) is 16.4 Å². The molecule has 0 saturated carbocycles. The zero-order chi connectivity index (χ0) is 15.1. The van der Waals surface area contributed by atoms with Crippen molar-refractivity contribution in [3.8, 4) is 0 Å². The number of nitrogens with one attached hydrogen (secondary N) is 1. The highest BCUT2D eigenvalue weighted by atomic mass is 32.2. The summed E-state index contributed by atoms with van der Waals surface area (Å²) in [6, 6.07) is 9.12. The van der Waals surface area contributed by atoms with Crippen molar-refractivity contribution >= 4 is 11.8 Å². The summed E-state index contributed by atoms with van der Waals surface area (Å²) in [7, 11) is 0.